The maximum absolute atomic E-state index is 13.3. The number of amidine groups is 1. The van der Waals surface area contributed by atoms with Crippen molar-refractivity contribution in [1.29, 1.82) is 0 Å². The number of carbonyl (C=O) groups is 1. The molecule has 1 atom stereocenters. The molecule has 1 aromatic heterocycles. The third kappa shape index (κ3) is 4.76. The number of furan rings is 1. The van der Waals surface area contributed by atoms with E-state index in [1.54, 1.807) is 24.1 Å². The number of amides is 2. The summed E-state index contributed by atoms with van der Waals surface area (Å²) >= 11 is 0. The van der Waals surface area contributed by atoms with Crippen molar-refractivity contribution in [1.82, 2.24) is 24.8 Å². The first-order valence-electron chi connectivity index (χ1n) is 13.4. The van der Waals surface area contributed by atoms with E-state index in [1.807, 2.05) is 36.2 Å². The minimum absolute atomic E-state index is 0.111. The Labute approximate surface area is 233 Å². The van der Waals surface area contributed by atoms with Crippen molar-refractivity contribution in [3.05, 3.63) is 53.6 Å². The van der Waals surface area contributed by atoms with Gasteiger partial charge in [0.05, 0.1) is 6.61 Å². The largest absolute Gasteiger partial charge is 0.491 e. The zero-order valence-electron chi connectivity index (χ0n) is 23.1. The van der Waals surface area contributed by atoms with Crippen LogP contribution in [0.5, 0.6) is 5.75 Å². The maximum atomic E-state index is 13.3. The van der Waals surface area contributed by atoms with Crippen molar-refractivity contribution in [3.63, 3.8) is 0 Å². The average Bonchev–Trinajstić information content (AvgIpc) is 3.64. The standard InChI is InChI=1S/C27H35N9O4/c1-19-4-9-22(40-19)23-24-25(35(28)18-29-23)30-26-34(27(37)31(2)36(24)26)15-12-32-10-13-33(14-11-32)20-5-7-21(8-6-20)39-17-16-38-3/h4-9,18,26H,10-17,28H2,1-3H3. The number of ether oxygens (including phenoxy) is 2. The van der Waals surface area contributed by atoms with Crippen LogP contribution in [-0.2, 0) is 4.74 Å². The lowest BCUT2D eigenvalue weighted by molar-refractivity contribution is 0.0841. The molecule has 2 saturated heterocycles. The molecule has 13 nitrogen and oxygen atoms in total. The Bertz CT molecular complexity index is 1330. The average molecular weight is 550 g/mol. The number of benzene rings is 1. The highest BCUT2D eigenvalue weighted by Gasteiger charge is 2.51. The molecule has 5 heterocycles. The molecule has 40 heavy (non-hydrogen) atoms. The van der Waals surface area contributed by atoms with Crippen LogP contribution in [0.3, 0.4) is 0 Å². The first-order valence-corrected chi connectivity index (χ1v) is 13.4. The van der Waals surface area contributed by atoms with E-state index in [0.717, 1.165) is 44.2 Å². The summed E-state index contributed by atoms with van der Waals surface area (Å²) in [4.78, 5) is 29.2. The molecular formula is C27H35N9O4. The lowest BCUT2D eigenvalue weighted by atomic mass is 10.2. The number of piperazine rings is 1. The van der Waals surface area contributed by atoms with Crippen LogP contribution in [0, 0.1) is 6.92 Å². The van der Waals surface area contributed by atoms with E-state index in [4.69, 9.17) is 24.7 Å². The zero-order chi connectivity index (χ0) is 27.8. The minimum atomic E-state index is -0.521. The predicted molar refractivity (Wildman–Crippen MR) is 150 cm³/mol. The number of hydrazine groups is 2. The van der Waals surface area contributed by atoms with E-state index >= 15 is 0 Å². The zero-order valence-corrected chi connectivity index (χ0v) is 23.1. The van der Waals surface area contributed by atoms with Gasteiger partial charge in [0.1, 0.15) is 35.8 Å². The number of fused-ring (bicyclic) bond motifs is 3. The number of carbonyl (C=O) groups excluding carboxylic acids is 1. The summed E-state index contributed by atoms with van der Waals surface area (Å²) in [7, 11) is 3.41. The molecule has 0 aliphatic carbocycles. The third-order valence-corrected chi connectivity index (χ3v) is 7.56. The number of urea groups is 1. The molecule has 0 spiro atoms. The first kappa shape index (κ1) is 26.2. The topological polar surface area (TPSA) is 119 Å². The molecule has 4 aliphatic rings. The molecule has 2 amide bonds. The Morgan fingerprint density at radius 2 is 1.82 bits per heavy atom. The fourth-order valence-corrected chi connectivity index (χ4v) is 5.39. The van der Waals surface area contributed by atoms with Gasteiger partial charge in [-0.05, 0) is 43.3 Å². The van der Waals surface area contributed by atoms with Crippen LogP contribution in [0.25, 0.3) is 5.70 Å². The van der Waals surface area contributed by atoms with Crippen LogP contribution in [0.4, 0.5) is 10.5 Å². The molecule has 2 fully saturated rings. The van der Waals surface area contributed by atoms with Crippen molar-refractivity contribution in [2.24, 2.45) is 15.8 Å². The van der Waals surface area contributed by atoms with Gasteiger partial charge in [-0.25, -0.2) is 35.6 Å². The Kier molecular flexibility index (Phi) is 7.09. The molecule has 13 heteroatoms. The van der Waals surface area contributed by atoms with Crippen LogP contribution in [0.1, 0.15) is 11.5 Å². The van der Waals surface area contributed by atoms with Gasteiger partial charge in [0, 0.05) is 59.1 Å². The normalized spacial score (nSPS) is 21.0. The van der Waals surface area contributed by atoms with Crippen LogP contribution >= 0.6 is 0 Å². The maximum Gasteiger partial charge on any atom is 0.341 e. The van der Waals surface area contributed by atoms with Crippen LogP contribution < -0.4 is 15.5 Å². The van der Waals surface area contributed by atoms with Gasteiger partial charge >= 0.3 is 6.03 Å². The highest BCUT2D eigenvalue weighted by Crippen LogP contribution is 2.38. The van der Waals surface area contributed by atoms with Gasteiger partial charge in [0.15, 0.2) is 11.6 Å². The van der Waals surface area contributed by atoms with Crippen LogP contribution in [-0.4, -0.2) is 116 Å². The van der Waals surface area contributed by atoms with E-state index in [-0.39, 0.29) is 6.03 Å². The summed E-state index contributed by atoms with van der Waals surface area (Å²) in [5.74, 6) is 8.98. The molecule has 0 saturated carbocycles. The number of rotatable bonds is 9. The number of nitrogens with zero attached hydrogens (tertiary/aromatic N) is 8. The van der Waals surface area contributed by atoms with Gasteiger partial charge in [-0.15, -0.1) is 0 Å². The summed E-state index contributed by atoms with van der Waals surface area (Å²) in [5.41, 5.74) is 2.44. The lowest BCUT2D eigenvalue weighted by Crippen LogP contribution is -2.49. The van der Waals surface area contributed by atoms with E-state index in [0.29, 0.717) is 42.7 Å². The molecular weight excluding hydrogens is 514 g/mol. The molecule has 2 aromatic rings. The molecule has 212 valence electrons. The highest BCUT2D eigenvalue weighted by molar-refractivity contribution is 6.12. The number of aryl methyl sites for hydroxylation is 1. The Morgan fingerprint density at radius 3 is 2.52 bits per heavy atom. The van der Waals surface area contributed by atoms with E-state index in [9.17, 15) is 4.79 Å². The Balaban J connectivity index is 1.08. The van der Waals surface area contributed by atoms with Crippen molar-refractivity contribution in [2.45, 2.75) is 13.2 Å². The second-order valence-electron chi connectivity index (χ2n) is 10.1. The molecule has 0 bridgehead atoms. The van der Waals surface area contributed by atoms with Crippen molar-refractivity contribution >= 4 is 29.6 Å². The smallest absolute Gasteiger partial charge is 0.341 e. The number of anilines is 1. The second kappa shape index (κ2) is 10.8. The van der Waals surface area contributed by atoms with E-state index in [1.165, 1.54) is 17.0 Å². The fourth-order valence-electron chi connectivity index (χ4n) is 5.39. The fraction of sp³-hybridized carbons (Fsp3) is 0.444. The monoisotopic (exact) mass is 549 g/mol. The minimum Gasteiger partial charge on any atom is -0.491 e. The summed E-state index contributed by atoms with van der Waals surface area (Å²) in [6.45, 7) is 7.92. The SMILES string of the molecule is COCCOc1ccc(N2CCN(CCN3C(=O)N(C)N4C5=C(c6ccc(C)o6)N=CN(N)C5=NC34)CC2)cc1. The quantitative estimate of drug-likeness (QED) is 0.368. The van der Waals surface area contributed by atoms with E-state index < -0.39 is 6.29 Å². The molecule has 2 N–H and O–H groups in total. The van der Waals surface area contributed by atoms with Gasteiger partial charge in [0.2, 0.25) is 6.29 Å². The third-order valence-electron chi connectivity index (χ3n) is 7.56. The number of aliphatic imine (C=N–C) groups is 2. The second-order valence-corrected chi connectivity index (χ2v) is 10.1. The van der Waals surface area contributed by atoms with Crippen molar-refractivity contribution in [3.8, 4) is 5.75 Å². The van der Waals surface area contributed by atoms with E-state index in [2.05, 4.69) is 26.9 Å². The number of nitrogens with two attached hydrogens (primary N) is 1. The molecule has 6 rings (SSSR count). The summed E-state index contributed by atoms with van der Waals surface area (Å²) in [6, 6.07) is 11.8. The van der Waals surface area contributed by atoms with Crippen molar-refractivity contribution in [2.75, 3.05) is 71.5 Å². The van der Waals surface area contributed by atoms with Gasteiger partial charge in [0.25, 0.3) is 0 Å². The molecule has 0 radical (unpaired) electrons. The Hall–Kier alpha value is -4.07. The van der Waals surface area contributed by atoms with Gasteiger partial charge in [-0.1, -0.05) is 0 Å². The summed E-state index contributed by atoms with van der Waals surface area (Å²) in [5, 5.41) is 4.82. The van der Waals surface area contributed by atoms with Gasteiger partial charge < -0.3 is 18.8 Å². The first-order chi connectivity index (χ1) is 19.4. The summed E-state index contributed by atoms with van der Waals surface area (Å²) in [6.07, 6.45) is 0.998. The van der Waals surface area contributed by atoms with Gasteiger partial charge in [-0.3, -0.25) is 9.80 Å². The number of hydrogen-bond acceptors (Lipinski definition) is 11. The molecule has 4 aliphatic heterocycles. The predicted octanol–water partition coefficient (Wildman–Crippen LogP) is 1.60. The number of hydrogen-bond donors (Lipinski definition) is 1. The van der Waals surface area contributed by atoms with Crippen molar-refractivity contribution < 1.29 is 18.7 Å². The lowest BCUT2D eigenvalue weighted by Gasteiger charge is -2.36. The Morgan fingerprint density at radius 1 is 1.05 bits per heavy atom. The van der Waals surface area contributed by atoms with Crippen LogP contribution in [0.15, 0.2) is 56.5 Å². The van der Waals surface area contributed by atoms with Gasteiger partial charge in [-0.2, -0.15) is 0 Å². The van der Waals surface area contributed by atoms with Crippen LogP contribution in [0.2, 0.25) is 0 Å². The molecule has 1 unspecified atom stereocenters. The molecule has 1 aromatic carbocycles. The number of methoxy groups -OCH3 is 1. The summed E-state index contributed by atoms with van der Waals surface area (Å²) < 4.78 is 16.6. The highest BCUT2D eigenvalue weighted by atomic mass is 16.5.